The maximum absolute atomic E-state index is 13.2. The standard InChI is InChI=1S/C23H33N3O3/c27-21(24-11-12-25-13-15-29-16-14-25)20-17-26(18-23(20)9-5-2-6-10-23)22(28)19-7-3-1-4-8-19/h1,3-4,7-8,20H,2,5-6,9-18H2,(H,24,27). The van der Waals surface area contributed by atoms with E-state index in [0.29, 0.717) is 25.2 Å². The largest absolute Gasteiger partial charge is 0.379 e. The summed E-state index contributed by atoms with van der Waals surface area (Å²) in [5.41, 5.74) is 0.665. The number of hydrogen-bond donors (Lipinski definition) is 1. The van der Waals surface area contributed by atoms with E-state index in [0.717, 1.165) is 58.5 Å². The molecule has 6 nitrogen and oxygen atoms in total. The van der Waals surface area contributed by atoms with E-state index in [2.05, 4.69) is 10.2 Å². The molecule has 1 unspecified atom stereocenters. The molecule has 0 bridgehead atoms. The first-order valence-corrected chi connectivity index (χ1v) is 11.1. The minimum atomic E-state index is -0.0971. The second-order valence-corrected chi connectivity index (χ2v) is 8.77. The number of nitrogens with zero attached hydrogens (tertiary/aromatic N) is 2. The lowest BCUT2D eigenvalue weighted by molar-refractivity contribution is -0.128. The van der Waals surface area contributed by atoms with Crippen LogP contribution >= 0.6 is 0 Å². The van der Waals surface area contributed by atoms with E-state index in [-0.39, 0.29) is 23.1 Å². The van der Waals surface area contributed by atoms with Gasteiger partial charge < -0.3 is 15.0 Å². The molecular formula is C23H33N3O3. The van der Waals surface area contributed by atoms with E-state index in [1.54, 1.807) is 0 Å². The van der Waals surface area contributed by atoms with Gasteiger partial charge in [0, 0.05) is 50.2 Å². The highest BCUT2D eigenvalue weighted by atomic mass is 16.5. The van der Waals surface area contributed by atoms with Crippen LogP contribution < -0.4 is 5.32 Å². The summed E-state index contributed by atoms with van der Waals surface area (Å²) in [5.74, 6) is 0.0860. The Kier molecular flexibility index (Phi) is 6.50. The van der Waals surface area contributed by atoms with Crippen LogP contribution in [0.2, 0.25) is 0 Å². The van der Waals surface area contributed by atoms with Crippen molar-refractivity contribution in [2.75, 3.05) is 52.5 Å². The molecule has 1 N–H and O–H groups in total. The Bertz CT molecular complexity index is 697. The average molecular weight is 400 g/mol. The molecule has 29 heavy (non-hydrogen) atoms. The number of hydrogen-bond acceptors (Lipinski definition) is 4. The fraction of sp³-hybridized carbons (Fsp3) is 0.652. The molecule has 0 aromatic heterocycles. The molecule has 1 aromatic carbocycles. The van der Waals surface area contributed by atoms with Crippen molar-refractivity contribution in [3.63, 3.8) is 0 Å². The van der Waals surface area contributed by atoms with Crippen LogP contribution in [0.5, 0.6) is 0 Å². The number of carbonyl (C=O) groups excluding carboxylic acids is 2. The minimum absolute atomic E-state index is 0.0499. The lowest BCUT2D eigenvalue weighted by atomic mass is 9.67. The summed E-state index contributed by atoms with van der Waals surface area (Å²) in [6, 6.07) is 9.45. The molecule has 1 aromatic rings. The monoisotopic (exact) mass is 399 g/mol. The molecule has 158 valence electrons. The maximum atomic E-state index is 13.2. The molecule has 3 aliphatic rings. The van der Waals surface area contributed by atoms with Crippen LogP contribution in [0.25, 0.3) is 0 Å². The van der Waals surface area contributed by atoms with Gasteiger partial charge in [0.05, 0.1) is 19.1 Å². The molecule has 1 aliphatic carbocycles. The number of ether oxygens (including phenoxy) is 1. The van der Waals surface area contributed by atoms with Crippen LogP contribution in [0.1, 0.15) is 42.5 Å². The van der Waals surface area contributed by atoms with E-state index in [1.165, 1.54) is 6.42 Å². The summed E-state index contributed by atoms with van der Waals surface area (Å²) in [6.45, 7) is 6.19. The second kappa shape index (κ2) is 9.26. The first-order valence-electron chi connectivity index (χ1n) is 11.1. The van der Waals surface area contributed by atoms with Crippen LogP contribution in [-0.2, 0) is 9.53 Å². The van der Waals surface area contributed by atoms with Crippen LogP contribution in [0.3, 0.4) is 0 Å². The molecular weight excluding hydrogens is 366 g/mol. The van der Waals surface area contributed by atoms with Gasteiger partial charge in [-0.2, -0.15) is 0 Å². The lowest BCUT2D eigenvalue weighted by Crippen LogP contribution is -2.46. The summed E-state index contributed by atoms with van der Waals surface area (Å²) in [7, 11) is 0. The molecule has 2 aliphatic heterocycles. The van der Waals surface area contributed by atoms with Crippen molar-refractivity contribution in [3.8, 4) is 0 Å². The fourth-order valence-corrected chi connectivity index (χ4v) is 5.30. The Labute approximate surface area is 173 Å². The van der Waals surface area contributed by atoms with Crippen molar-refractivity contribution < 1.29 is 14.3 Å². The van der Waals surface area contributed by atoms with Crippen LogP contribution in [0.15, 0.2) is 30.3 Å². The van der Waals surface area contributed by atoms with Crippen LogP contribution in [0, 0.1) is 11.3 Å². The van der Waals surface area contributed by atoms with Gasteiger partial charge in [0.2, 0.25) is 5.91 Å². The topological polar surface area (TPSA) is 61.9 Å². The van der Waals surface area contributed by atoms with Crippen molar-refractivity contribution in [2.24, 2.45) is 11.3 Å². The maximum Gasteiger partial charge on any atom is 0.253 e. The van der Waals surface area contributed by atoms with Gasteiger partial charge in [-0.3, -0.25) is 14.5 Å². The average Bonchev–Trinajstić information content (AvgIpc) is 3.13. The van der Waals surface area contributed by atoms with Crippen molar-refractivity contribution in [2.45, 2.75) is 32.1 Å². The normalized spacial score (nSPS) is 24.6. The highest BCUT2D eigenvalue weighted by Gasteiger charge is 2.51. The predicted molar refractivity (Wildman–Crippen MR) is 112 cm³/mol. The van der Waals surface area contributed by atoms with Crippen molar-refractivity contribution in [3.05, 3.63) is 35.9 Å². The third-order valence-corrected chi connectivity index (χ3v) is 6.95. The third kappa shape index (κ3) is 4.64. The van der Waals surface area contributed by atoms with E-state index in [4.69, 9.17) is 4.74 Å². The number of likely N-dealkylation sites (tertiary alicyclic amines) is 1. The van der Waals surface area contributed by atoms with E-state index in [9.17, 15) is 9.59 Å². The molecule has 2 heterocycles. The molecule has 1 atom stereocenters. The smallest absolute Gasteiger partial charge is 0.253 e. The predicted octanol–water partition coefficient (Wildman–Crippen LogP) is 2.16. The van der Waals surface area contributed by atoms with Gasteiger partial charge in [-0.15, -0.1) is 0 Å². The summed E-state index contributed by atoms with van der Waals surface area (Å²) >= 11 is 0. The number of rotatable bonds is 5. The van der Waals surface area contributed by atoms with Crippen LogP contribution in [0.4, 0.5) is 0 Å². The molecule has 2 amide bonds. The molecule has 0 radical (unpaired) electrons. The number of nitrogens with one attached hydrogen (secondary N) is 1. The van der Waals surface area contributed by atoms with E-state index in [1.807, 2.05) is 35.2 Å². The highest BCUT2D eigenvalue weighted by Crippen LogP contribution is 2.47. The molecule has 3 fully saturated rings. The van der Waals surface area contributed by atoms with Crippen molar-refractivity contribution in [1.29, 1.82) is 0 Å². The number of carbonyl (C=O) groups is 2. The number of morpholine rings is 1. The second-order valence-electron chi connectivity index (χ2n) is 8.77. The van der Waals surface area contributed by atoms with Gasteiger partial charge in [-0.25, -0.2) is 0 Å². The zero-order chi connectivity index (χ0) is 20.1. The van der Waals surface area contributed by atoms with E-state index >= 15 is 0 Å². The van der Waals surface area contributed by atoms with Gasteiger partial charge in [-0.1, -0.05) is 37.5 Å². The molecule has 1 spiro atoms. The Morgan fingerprint density at radius 2 is 1.79 bits per heavy atom. The summed E-state index contributed by atoms with van der Waals surface area (Å²) in [5, 5.41) is 3.18. The van der Waals surface area contributed by atoms with Crippen LogP contribution in [-0.4, -0.2) is 74.1 Å². The van der Waals surface area contributed by atoms with Gasteiger partial charge in [0.25, 0.3) is 5.91 Å². The Morgan fingerprint density at radius 1 is 1.07 bits per heavy atom. The first-order chi connectivity index (χ1) is 14.2. The van der Waals surface area contributed by atoms with Crippen molar-refractivity contribution in [1.82, 2.24) is 15.1 Å². The van der Waals surface area contributed by atoms with Gasteiger partial charge in [0.15, 0.2) is 0 Å². The van der Waals surface area contributed by atoms with Gasteiger partial charge >= 0.3 is 0 Å². The summed E-state index contributed by atoms with van der Waals surface area (Å²) < 4.78 is 5.39. The summed E-state index contributed by atoms with van der Waals surface area (Å²) in [6.07, 6.45) is 5.65. The first kappa shape index (κ1) is 20.4. The molecule has 1 saturated carbocycles. The summed E-state index contributed by atoms with van der Waals surface area (Å²) in [4.78, 5) is 30.5. The zero-order valence-corrected chi connectivity index (χ0v) is 17.3. The van der Waals surface area contributed by atoms with Crippen molar-refractivity contribution >= 4 is 11.8 Å². The molecule has 6 heteroatoms. The van der Waals surface area contributed by atoms with Gasteiger partial charge in [-0.05, 0) is 25.0 Å². The van der Waals surface area contributed by atoms with Gasteiger partial charge in [0.1, 0.15) is 0 Å². The Balaban J connectivity index is 1.40. The third-order valence-electron chi connectivity index (χ3n) is 6.95. The number of benzene rings is 1. The molecule has 4 rings (SSSR count). The van der Waals surface area contributed by atoms with E-state index < -0.39 is 0 Å². The fourth-order valence-electron chi connectivity index (χ4n) is 5.30. The number of amides is 2. The zero-order valence-electron chi connectivity index (χ0n) is 17.3. The Hall–Kier alpha value is -1.92. The molecule has 2 saturated heterocycles. The lowest BCUT2D eigenvalue weighted by Gasteiger charge is -2.37. The SMILES string of the molecule is O=C(NCCN1CCOCC1)C1CN(C(=O)c2ccccc2)CC12CCCCC2. The quantitative estimate of drug-likeness (QED) is 0.824. The highest BCUT2D eigenvalue weighted by molar-refractivity contribution is 5.95. The Morgan fingerprint density at radius 3 is 2.52 bits per heavy atom. The minimum Gasteiger partial charge on any atom is -0.379 e.